The second-order valence-corrected chi connectivity index (χ2v) is 6.03. The van der Waals surface area contributed by atoms with Gasteiger partial charge in [0.25, 0.3) is 0 Å². The summed E-state index contributed by atoms with van der Waals surface area (Å²) in [5, 5.41) is 0. The molecule has 18 heavy (non-hydrogen) atoms. The van der Waals surface area contributed by atoms with E-state index in [1.165, 1.54) is 6.07 Å². The number of hydrogen-bond acceptors (Lipinski definition) is 1. The summed E-state index contributed by atoms with van der Waals surface area (Å²) in [7, 11) is 0. The molecule has 2 aromatic rings. The second kappa shape index (κ2) is 6.60. The van der Waals surface area contributed by atoms with E-state index in [2.05, 4.69) is 15.9 Å². The maximum absolute atomic E-state index is 13.6. The maximum atomic E-state index is 13.6. The van der Waals surface area contributed by atoms with Crippen LogP contribution in [0.5, 0.6) is 0 Å². The Balaban J connectivity index is 2.02. The molecule has 0 N–H and O–H groups in total. The van der Waals surface area contributed by atoms with Crippen molar-refractivity contribution >= 4 is 39.3 Å². The Hall–Kier alpha value is -0.510. The molecule has 0 bridgehead atoms. The Morgan fingerprint density at radius 2 is 1.83 bits per heavy atom. The first-order valence-electron chi connectivity index (χ1n) is 5.40. The van der Waals surface area contributed by atoms with Gasteiger partial charge in [-0.2, -0.15) is 0 Å². The third kappa shape index (κ3) is 3.74. The van der Waals surface area contributed by atoms with Crippen LogP contribution in [-0.2, 0) is 11.6 Å². The molecule has 4 heteroatoms. The van der Waals surface area contributed by atoms with Crippen LogP contribution in [0.4, 0.5) is 4.39 Å². The van der Waals surface area contributed by atoms with Crippen LogP contribution in [0, 0.1) is 5.82 Å². The Morgan fingerprint density at radius 3 is 2.44 bits per heavy atom. The van der Waals surface area contributed by atoms with Crippen molar-refractivity contribution in [3.63, 3.8) is 0 Å². The fraction of sp³-hybridized carbons (Fsp3) is 0.143. The number of halogens is 3. The minimum absolute atomic E-state index is 0.172. The summed E-state index contributed by atoms with van der Waals surface area (Å²) in [5.41, 5.74) is 1.81. The van der Waals surface area contributed by atoms with Gasteiger partial charge >= 0.3 is 0 Å². The van der Waals surface area contributed by atoms with Gasteiger partial charge in [0.15, 0.2) is 0 Å². The van der Waals surface area contributed by atoms with Crippen molar-refractivity contribution in [1.82, 2.24) is 0 Å². The summed E-state index contributed by atoms with van der Waals surface area (Å²) in [6.07, 6.45) is 0. The van der Waals surface area contributed by atoms with E-state index in [-0.39, 0.29) is 5.82 Å². The van der Waals surface area contributed by atoms with Crippen LogP contribution < -0.4 is 0 Å². The number of benzene rings is 2. The second-order valence-electron chi connectivity index (χ2n) is 3.80. The van der Waals surface area contributed by atoms with Crippen LogP contribution in [0.15, 0.2) is 51.8 Å². The van der Waals surface area contributed by atoms with Gasteiger partial charge in [-0.25, -0.2) is 4.39 Å². The number of hydrogen-bond donors (Lipinski definition) is 0. The molecule has 0 spiro atoms. The lowest BCUT2D eigenvalue weighted by molar-refractivity contribution is 0.616. The highest BCUT2D eigenvalue weighted by atomic mass is 79.9. The molecule has 0 atom stereocenters. The van der Waals surface area contributed by atoms with E-state index >= 15 is 0 Å². The van der Waals surface area contributed by atoms with Crippen molar-refractivity contribution in [2.75, 3.05) is 0 Å². The van der Waals surface area contributed by atoms with Crippen LogP contribution in [0.3, 0.4) is 0 Å². The van der Waals surface area contributed by atoms with Crippen molar-refractivity contribution in [3.05, 3.63) is 63.9 Å². The van der Waals surface area contributed by atoms with E-state index < -0.39 is 0 Å². The zero-order chi connectivity index (χ0) is 13.0. The van der Waals surface area contributed by atoms with Gasteiger partial charge in [0.05, 0.1) is 0 Å². The highest BCUT2D eigenvalue weighted by Gasteiger charge is 2.03. The first kappa shape index (κ1) is 13.9. The Morgan fingerprint density at radius 1 is 1.11 bits per heavy atom. The molecule has 0 aliphatic heterocycles. The lowest BCUT2D eigenvalue weighted by Gasteiger charge is -2.04. The van der Waals surface area contributed by atoms with Gasteiger partial charge in [0, 0.05) is 21.0 Å². The Kier molecular flexibility index (Phi) is 5.10. The largest absolute Gasteiger partial charge is 0.207 e. The van der Waals surface area contributed by atoms with Gasteiger partial charge in [-0.15, -0.1) is 23.4 Å². The monoisotopic (exact) mass is 344 g/mol. The van der Waals surface area contributed by atoms with E-state index in [9.17, 15) is 4.39 Å². The highest BCUT2D eigenvalue weighted by molar-refractivity contribution is 9.10. The summed E-state index contributed by atoms with van der Waals surface area (Å²) >= 11 is 10.6. The van der Waals surface area contributed by atoms with Crippen LogP contribution in [-0.4, -0.2) is 0 Å². The molecular weight excluding hydrogens is 335 g/mol. The summed E-state index contributed by atoms with van der Waals surface area (Å²) in [4.78, 5) is 1.12. The molecule has 0 fully saturated rings. The Labute approximate surface area is 124 Å². The van der Waals surface area contributed by atoms with E-state index in [0.717, 1.165) is 14.9 Å². The molecule has 0 aliphatic carbocycles. The summed E-state index contributed by atoms with van der Waals surface area (Å²) in [5.74, 6) is 0.972. The third-order valence-corrected chi connectivity index (χ3v) is 4.35. The molecule has 0 saturated carbocycles. The lowest BCUT2D eigenvalue weighted by Crippen LogP contribution is -1.87. The number of rotatable bonds is 4. The molecular formula is C14H11BrClFS. The first-order chi connectivity index (χ1) is 8.69. The van der Waals surface area contributed by atoms with E-state index in [1.54, 1.807) is 17.8 Å². The molecule has 0 heterocycles. The SMILES string of the molecule is Fc1cc(Br)ccc1CSc1ccc(CCl)cc1. The fourth-order valence-electron chi connectivity index (χ4n) is 1.47. The fourth-order valence-corrected chi connectivity index (χ4v) is 2.87. The summed E-state index contributed by atoms with van der Waals surface area (Å²) in [6.45, 7) is 0. The van der Waals surface area contributed by atoms with Gasteiger partial charge in [-0.05, 0) is 35.4 Å². The van der Waals surface area contributed by atoms with E-state index in [4.69, 9.17) is 11.6 Å². The summed E-state index contributed by atoms with van der Waals surface area (Å²) < 4.78 is 14.4. The minimum Gasteiger partial charge on any atom is -0.207 e. The predicted molar refractivity (Wildman–Crippen MR) is 79.7 cm³/mol. The van der Waals surface area contributed by atoms with Crippen LogP contribution in [0.2, 0.25) is 0 Å². The molecule has 2 aromatic carbocycles. The van der Waals surface area contributed by atoms with Crippen molar-refractivity contribution in [2.24, 2.45) is 0 Å². The molecule has 94 valence electrons. The standard InChI is InChI=1S/C14H11BrClFS/c15-12-4-3-11(14(17)7-12)9-18-13-5-1-10(8-16)2-6-13/h1-7H,8-9H2. The van der Waals surface area contributed by atoms with Gasteiger partial charge in [-0.3, -0.25) is 0 Å². The molecule has 0 nitrogen and oxygen atoms in total. The average Bonchev–Trinajstić information content (AvgIpc) is 2.38. The molecule has 0 aliphatic rings. The Bertz CT molecular complexity index is 528. The molecule has 0 aromatic heterocycles. The lowest BCUT2D eigenvalue weighted by atomic mass is 10.2. The normalized spacial score (nSPS) is 10.6. The topological polar surface area (TPSA) is 0 Å². The van der Waals surface area contributed by atoms with E-state index in [1.807, 2.05) is 30.3 Å². The number of thioether (sulfide) groups is 1. The first-order valence-corrected chi connectivity index (χ1v) is 7.72. The van der Waals surface area contributed by atoms with Crippen molar-refractivity contribution in [3.8, 4) is 0 Å². The van der Waals surface area contributed by atoms with Crippen LogP contribution >= 0.6 is 39.3 Å². The minimum atomic E-state index is -0.172. The quantitative estimate of drug-likeness (QED) is 0.512. The smallest absolute Gasteiger partial charge is 0.128 e. The maximum Gasteiger partial charge on any atom is 0.128 e. The van der Waals surface area contributed by atoms with Gasteiger partial charge in [-0.1, -0.05) is 34.1 Å². The molecule has 0 radical (unpaired) electrons. The molecule has 2 rings (SSSR count). The van der Waals surface area contributed by atoms with Crippen molar-refractivity contribution in [2.45, 2.75) is 16.5 Å². The predicted octanol–water partition coefficient (Wildman–Crippen LogP) is 5.62. The van der Waals surface area contributed by atoms with Crippen LogP contribution in [0.1, 0.15) is 11.1 Å². The van der Waals surface area contributed by atoms with Crippen molar-refractivity contribution in [1.29, 1.82) is 0 Å². The van der Waals surface area contributed by atoms with Crippen molar-refractivity contribution < 1.29 is 4.39 Å². The van der Waals surface area contributed by atoms with Crippen LogP contribution in [0.25, 0.3) is 0 Å². The zero-order valence-electron chi connectivity index (χ0n) is 9.50. The van der Waals surface area contributed by atoms with Gasteiger partial charge in [0.1, 0.15) is 5.82 Å². The molecule has 0 unspecified atom stereocenters. The average molecular weight is 346 g/mol. The number of alkyl halides is 1. The highest BCUT2D eigenvalue weighted by Crippen LogP contribution is 2.25. The summed E-state index contributed by atoms with van der Waals surface area (Å²) in [6, 6.07) is 13.2. The van der Waals surface area contributed by atoms with E-state index in [0.29, 0.717) is 17.2 Å². The van der Waals surface area contributed by atoms with Gasteiger partial charge < -0.3 is 0 Å². The zero-order valence-corrected chi connectivity index (χ0v) is 12.7. The van der Waals surface area contributed by atoms with Gasteiger partial charge in [0.2, 0.25) is 0 Å². The molecule has 0 saturated heterocycles. The third-order valence-electron chi connectivity index (χ3n) is 2.49. The molecule has 0 amide bonds.